The van der Waals surface area contributed by atoms with Gasteiger partial charge in [-0.1, -0.05) is 31.9 Å². The van der Waals surface area contributed by atoms with Gasteiger partial charge in [0.05, 0.1) is 11.7 Å². The van der Waals surface area contributed by atoms with E-state index in [4.69, 9.17) is 0 Å². The van der Waals surface area contributed by atoms with E-state index in [1.54, 1.807) is 5.57 Å². The number of allylic oxidation sites excluding steroid dienone is 2. The molecule has 0 saturated heterocycles. The first-order chi connectivity index (χ1) is 9.24. The number of rotatable bonds is 5. The predicted octanol–water partition coefficient (Wildman–Crippen LogP) is 4.06. The van der Waals surface area contributed by atoms with Gasteiger partial charge in [0.2, 0.25) is 0 Å². The second kappa shape index (κ2) is 5.81. The maximum Gasteiger partial charge on any atom is 0.0591 e. The van der Waals surface area contributed by atoms with Crippen LogP contribution in [0.15, 0.2) is 11.6 Å². The average molecular weight is 280 g/mol. The molecule has 0 radical (unpaired) electrons. The van der Waals surface area contributed by atoms with Crippen molar-refractivity contribution >= 4 is 0 Å². The SMILES string of the molecule is CC(CCCC(C)(C)O)C1=CCC2C(O)CCCC12C. The molecule has 0 aromatic carbocycles. The van der Waals surface area contributed by atoms with Crippen LogP contribution in [0.5, 0.6) is 0 Å². The second-order valence-electron chi connectivity index (χ2n) is 7.98. The molecule has 2 rings (SSSR count). The average Bonchev–Trinajstić information content (AvgIpc) is 2.66. The maximum atomic E-state index is 10.3. The lowest BCUT2D eigenvalue weighted by Crippen LogP contribution is -2.39. The summed E-state index contributed by atoms with van der Waals surface area (Å²) < 4.78 is 0. The van der Waals surface area contributed by atoms with Crippen molar-refractivity contribution in [3.63, 3.8) is 0 Å². The summed E-state index contributed by atoms with van der Waals surface area (Å²) in [6, 6.07) is 0. The Bertz CT molecular complexity index is 366. The molecule has 0 amide bonds. The highest BCUT2D eigenvalue weighted by Gasteiger charge is 2.47. The van der Waals surface area contributed by atoms with Gasteiger partial charge in [-0.25, -0.2) is 0 Å². The maximum absolute atomic E-state index is 10.3. The molecular weight excluding hydrogens is 248 g/mol. The Balaban J connectivity index is 1.95. The van der Waals surface area contributed by atoms with Crippen LogP contribution in [0.3, 0.4) is 0 Å². The third kappa shape index (κ3) is 3.28. The third-order valence-corrected chi connectivity index (χ3v) is 5.69. The van der Waals surface area contributed by atoms with Gasteiger partial charge in [-0.05, 0) is 69.6 Å². The quantitative estimate of drug-likeness (QED) is 0.746. The number of fused-ring (bicyclic) bond motifs is 1. The van der Waals surface area contributed by atoms with Crippen LogP contribution in [-0.4, -0.2) is 21.9 Å². The van der Waals surface area contributed by atoms with E-state index in [0.717, 1.165) is 38.5 Å². The van der Waals surface area contributed by atoms with E-state index in [0.29, 0.717) is 11.8 Å². The van der Waals surface area contributed by atoms with Crippen molar-refractivity contribution < 1.29 is 10.2 Å². The minimum atomic E-state index is -0.544. The molecule has 1 saturated carbocycles. The van der Waals surface area contributed by atoms with Crippen molar-refractivity contribution in [2.45, 2.75) is 84.3 Å². The van der Waals surface area contributed by atoms with Gasteiger partial charge in [0.25, 0.3) is 0 Å². The van der Waals surface area contributed by atoms with E-state index in [1.165, 1.54) is 6.42 Å². The summed E-state index contributed by atoms with van der Waals surface area (Å²) in [4.78, 5) is 0. The Morgan fingerprint density at radius 3 is 2.80 bits per heavy atom. The highest BCUT2D eigenvalue weighted by molar-refractivity contribution is 5.26. The molecule has 20 heavy (non-hydrogen) atoms. The van der Waals surface area contributed by atoms with Gasteiger partial charge >= 0.3 is 0 Å². The van der Waals surface area contributed by atoms with Gasteiger partial charge in [0.1, 0.15) is 0 Å². The molecular formula is C18H32O2. The van der Waals surface area contributed by atoms with Crippen molar-refractivity contribution in [3.8, 4) is 0 Å². The smallest absolute Gasteiger partial charge is 0.0591 e. The zero-order valence-corrected chi connectivity index (χ0v) is 13.7. The summed E-state index contributed by atoms with van der Waals surface area (Å²) in [5.74, 6) is 1.03. The number of aliphatic hydroxyl groups excluding tert-OH is 1. The molecule has 2 aliphatic rings. The van der Waals surface area contributed by atoms with Gasteiger partial charge in [-0.3, -0.25) is 0 Å². The fourth-order valence-electron chi connectivity index (χ4n) is 4.51. The fourth-order valence-corrected chi connectivity index (χ4v) is 4.51. The fraction of sp³-hybridized carbons (Fsp3) is 0.889. The molecule has 0 aromatic rings. The minimum Gasteiger partial charge on any atom is -0.393 e. The molecule has 0 aromatic heterocycles. The molecule has 0 bridgehead atoms. The van der Waals surface area contributed by atoms with Crippen molar-refractivity contribution in [3.05, 3.63) is 11.6 Å². The molecule has 0 aliphatic heterocycles. The molecule has 2 heteroatoms. The van der Waals surface area contributed by atoms with E-state index in [1.807, 2.05) is 13.8 Å². The Kier molecular flexibility index (Phi) is 4.66. The van der Waals surface area contributed by atoms with E-state index in [2.05, 4.69) is 19.9 Å². The Morgan fingerprint density at radius 1 is 1.45 bits per heavy atom. The van der Waals surface area contributed by atoms with Crippen molar-refractivity contribution in [2.24, 2.45) is 17.3 Å². The molecule has 0 heterocycles. The molecule has 4 atom stereocenters. The van der Waals surface area contributed by atoms with E-state index >= 15 is 0 Å². The van der Waals surface area contributed by atoms with Crippen LogP contribution in [0.4, 0.5) is 0 Å². The summed E-state index contributed by atoms with van der Waals surface area (Å²) in [5.41, 5.74) is 1.26. The third-order valence-electron chi connectivity index (χ3n) is 5.69. The molecule has 2 aliphatic carbocycles. The molecule has 116 valence electrons. The number of aliphatic hydroxyl groups is 2. The highest BCUT2D eigenvalue weighted by Crippen LogP contribution is 2.55. The standard InChI is InChI=1S/C18H32O2/c1-13(7-5-11-17(2,3)20)14-9-10-15-16(19)8-6-12-18(14,15)4/h9,13,15-16,19-20H,5-8,10-12H2,1-4H3. The Labute approximate surface area is 124 Å². The van der Waals surface area contributed by atoms with E-state index in [9.17, 15) is 10.2 Å². The molecule has 4 unspecified atom stereocenters. The van der Waals surface area contributed by atoms with Crippen molar-refractivity contribution in [1.29, 1.82) is 0 Å². The molecule has 2 N–H and O–H groups in total. The van der Waals surface area contributed by atoms with Crippen LogP contribution in [0, 0.1) is 17.3 Å². The number of hydrogen-bond donors (Lipinski definition) is 2. The zero-order valence-electron chi connectivity index (χ0n) is 13.7. The summed E-state index contributed by atoms with van der Waals surface area (Å²) in [7, 11) is 0. The highest BCUT2D eigenvalue weighted by atomic mass is 16.3. The van der Waals surface area contributed by atoms with E-state index in [-0.39, 0.29) is 11.5 Å². The molecule has 0 spiro atoms. The van der Waals surface area contributed by atoms with Gasteiger partial charge in [-0.15, -0.1) is 0 Å². The summed E-state index contributed by atoms with van der Waals surface area (Å²) in [5, 5.41) is 20.1. The van der Waals surface area contributed by atoms with Crippen LogP contribution >= 0.6 is 0 Å². The summed E-state index contributed by atoms with van der Waals surface area (Å²) in [6.45, 7) is 8.47. The Hall–Kier alpha value is -0.340. The van der Waals surface area contributed by atoms with Crippen LogP contribution in [0.25, 0.3) is 0 Å². The van der Waals surface area contributed by atoms with Gasteiger partial charge in [0.15, 0.2) is 0 Å². The van der Waals surface area contributed by atoms with Crippen LogP contribution in [0.1, 0.15) is 72.6 Å². The first kappa shape index (κ1) is 16.0. The van der Waals surface area contributed by atoms with Crippen LogP contribution < -0.4 is 0 Å². The predicted molar refractivity (Wildman–Crippen MR) is 83.5 cm³/mol. The van der Waals surface area contributed by atoms with Crippen LogP contribution in [0.2, 0.25) is 0 Å². The van der Waals surface area contributed by atoms with Gasteiger partial charge in [-0.2, -0.15) is 0 Å². The minimum absolute atomic E-state index is 0.105. The summed E-state index contributed by atoms with van der Waals surface area (Å²) >= 11 is 0. The lowest BCUT2D eigenvalue weighted by molar-refractivity contribution is 0.00755. The molecule has 1 fully saturated rings. The second-order valence-corrected chi connectivity index (χ2v) is 7.98. The largest absolute Gasteiger partial charge is 0.393 e. The number of hydrogen-bond acceptors (Lipinski definition) is 2. The summed E-state index contributed by atoms with van der Waals surface area (Å²) in [6.07, 6.45) is 9.82. The topological polar surface area (TPSA) is 40.5 Å². The van der Waals surface area contributed by atoms with Crippen LogP contribution in [-0.2, 0) is 0 Å². The molecule has 2 nitrogen and oxygen atoms in total. The lowest BCUT2D eigenvalue weighted by Gasteiger charge is -2.43. The van der Waals surface area contributed by atoms with Crippen molar-refractivity contribution in [2.75, 3.05) is 0 Å². The first-order valence-electron chi connectivity index (χ1n) is 8.35. The Morgan fingerprint density at radius 2 is 2.15 bits per heavy atom. The normalized spacial score (nSPS) is 35.6. The van der Waals surface area contributed by atoms with Gasteiger partial charge in [0, 0.05) is 0 Å². The van der Waals surface area contributed by atoms with E-state index < -0.39 is 5.60 Å². The van der Waals surface area contributed by atoms with Crippen molar-refractivity contribution in [1.82, 2.24) is 0 Å². The lowest BCUT2D eigenvalue weighted by atomic mass is 9.63. The zero-order chi connectivity index (χ0) is 15.0. The van der Waals surface area contributed by atoms with Gasteiger partial charge < -0.3 is 10.2 Å². The first-order valence-corrected chi connectivity index (χ1v) is 8.35. The monoisotopic (exact) mass is 280 g/mol.